The summed E-state index contributed by atoms with van der Waals surface area (Å²) in [5.74, 6) is 0.0709. The van der Waals surface area contributed by atoms with Gasteiger partial charge in [0.2, 0.25) is 5.91 Å². The Morgan fingerprint density at radius 3 is 2.80 bits per heavy atom. The molecule has 1 amide bonds. The van der Waals surface area contributed by atoms with Crippen molar-refractivity contribution in [3.8, 4) is 0 Å². The summed E-state index contributed by atoms with van der Waals surface area (Å²) in [5, 5.41) is 5.56. The van der Waals surface area contributed by atoms with Crippen LogP contribution in [0.1, 0.15) is 18.1 Å². The van der Waals surface area contributed by atoms with Crippen LogP contribution < -0.4 is 5.32 Å². The molecule has 0 aliphatic rings. The van der Waals surface area contributed by atoms with Gasteiger partial charge in [-0.1, -0.05) is 18.2 Å². The van der Waals surface area contributed by atoms with Gasteiger partial charge in [-0.3, -0.25) is 4.79 Å². The molecule has 3 nitrogen and oxygen atoms in total. The van der Waals surface area contributed by atoms with Gasteiger partial charge in [-0.25, -0.2) is 0 Å². The molecule has 106 valence electrons. The summed E-state index contributed by atoms with van der Waals surface area (Å²) in [6.45, 7) is 2.98. The van der Waals surface area contributed by atoms with Crippen molar-refractivity contribution in [1.82, 2.24) is 4.90 Å². The lowest BCUT2D eigenvalue weighted by Gasteiger charge is -2.18. The van der Waals surface area contributed by atoms with E-state index in [-0.39, 0.29) is 5.91 Å². The Morgan fingerprint density at radius 1 is 1.40 bits per heavy atom. The molecule has 1 heterocycles. The maximum absolute atomic E-state index is 11.3. The van der Waals surface area contributed by atoms with Gasteiger partial charge < -0.3 is 10.2 Å². The standard InChI is InChI=1S/C15H17BrN2OS/c1-11(19)18(2)9-13-5-3-4-6-14(13)17-8-12-7-15(16)20-10-12/h3-7,10,17H,8-9H2,1-2H3. The largest absolute Gasteiger partial charge is 0.381 e. The second-order valence-corrected chi connectivity index (χ2v) is 6.94. The van der Waals surface area contributed by atoms with Crippen molar-refractivity contribution in [2.45, 2.75) is 20.0 Å². The molecule has 0 spiro atoms. The summed E-state index contributed by atoms with van der Waals surface area (Å²) in [7, 11) is 1.81. The fraction of sp³-hybridized carbons (Fsp3) is 0.267. The Bertz CT molecular complexity index is 597. The van der Waals surface area contributed by atoms with E-state index in [4.69, 9.17) is 0 Å². The van der Waals surface area contributed by atoms with E-state index >= 15 is 0 Å². The molecule has 0 saturated heterocycles. The molecule has 0 bridgehead atoms. The molecule has 0 aliphatic carbocycles. The first-order valence-electron chi connectivity index (χ1n) is 6.32. The fourth-order valence-corrected chi connectivity index (χ4v) is 3.04. The maximum atomic E-state index is 11.3. The maximum Gasteiger partial charge on any atom is 0.219 e. The third kappa shape index (κ3) is 4.08. The molecule has 0 aliphatic heterocycles. The zero-order chi connectivity index (χ0) is 14.5. The van der Waals surface area contributed by atoms with E-state index in [2.05, 4.69) is 32.7 Å². The highest BCUT2D eigenvalue weighted by Gasteiger charge is 2.07. The Labute approximate surface area is 131 Å². The van der Waals surface area contributed by atoms with Crippen molar-refractivity contribution in [1.29, 1.82) is 0 Å². The van der Waals surface area contributed by atoms with Crippen LogP contribution in [0.2, 0.25) is 0 Å². The SMILES string of the molecule is CC(=O)N(C)Cc1ccccc1NCc1csc(Br)c1. The van der Waals surface area contributed by atoms with Crippen LogP contribution in [0.3, 0.4) is 0 Å². The van der Waals surface area contributed by atoms with Crippen LogP contribution in [0.15, 0.2) is 39.5 Å². The highest BCUT2D eigenvalue weighted by Crippen LogP contribution is 2.23. The lowest BCUT2D eigenvalue weighted by atomic mass is 10.1. The number of nitrogens with one attached hydrogen (secondary N) is 1. The molecule has 2 aromatic rings. The zero-order valence-corrected chi connectivity index (χ0v) is 13.9. The number of halogens is 1. The Kier molecular flexibility index (Phi) is 5.20. The minimum atomic E-state index is 0.0709. The Hall–Kier alpha value is -1.33. The Balaban J connectivity index is 2.05. The van der Waals surface area contributed by atoms with Crippen LogP contribution in [0.4, 0.5) is 5.69 Å². The number of rotatable bonds is 5. The lowest BCUT2D eigenvalue weighted by Crippen LogP contribution is -2.23. The molecular formula is C15H17BrN2OS. The molecular weight excluding hydrogens is 336 g/mol. The first-order chi connectivity index (χ1) is 9.56. The van der Waals surface area contributed by atoms with Gasteiger partial charge in [-0.2, -0.15) is 0 Å². The molecule has 0 atom stereocenters. The molecule has 1 aromatic heterocycles. The number of carbonyl (C=O) groups excluding carboxylic acids is 1. The molecule has 2 rings (SSSR count). The van der Waals surface area contributed by atoms with Crippen molar-refractivity contribution in [3.05, 3.63) is 50.6 Å². The predicted molar refractivity (Wildman–Crippen MR) is 87.9 cm³/mol. The van der Waals surface area contributed by atoms with Crippen LogP contribution in [-0.2, 0) is 17.9 Å². The molecule has 0 fully saturated rings. The molecule has 1 N–H and O–H groups in total. The average Bonchev–Trinajstić information content (AvgIpc) is 2.83. The normalized spacial score (nSPS) is 10.3. The van der Waals surface area contributed by atoms with Gasteiger partial charge in [-0.05, 0) is 44.6 Å². The van der Waals surface area contributed by atoms with E-state index in [0.717, 1.165) is 21.6 Å². The molecule has 0 unspecified atom stereocenters. The van der Waals surface area contributed by atoms with Gasteiger partial charge in [0.1, 0.15) is 0 Å². The smallest absolute Gasteiger partial charge is 0.219 e. The van der Waals surface area contributed by atoms with Gasteiger partial charge in [-0.15, -0.1) is 11.3 Å². The molecule has 0 radical (unpaired) electrons. The molecule has 0 saturated carbocycles. The number of hydrogen-bond donors (Lipinski definition) is 1. The summed E-state index contributed by atoms with van der Waals surface area (Å²) in [4.78, 5) is 13.1. The number of nitrogens with zero attached hydrogens (tertiary/aromatic N) is 1. The van der Waals surface area contributed by atoms with E-state index in [0.29, 0.717) is 6.54 Å². The van der Waals surface area contributed by atoms with Crippen molar-refractivity contribution in [2.75, 3.05) is 12.4 Å². The topological polar surface area (TPSA) is 32.3 Å². The summed E-state index contributed by atoms with van der Waals surface area (Å²) < 4.78 is 1.14. The lowest BCUT2D eigenvalue weighted by molar-refractivity contribution is -0.128. The average molecular weight is 353 g/mol. The second kappa shape index (κ2) is 6.90. The number of hydrogen-bond acceptors (Lipinski definition) is 3. The first-order valence-corrected chi connectivity index (χ1v) is 8.00. The van der Waals surface area contributed by atoms with E-state index < -0.39 is 0 Å². The third-order valence-corrected chi connectivity index (χ3v) is 4.62. The number of amides is 1. The van der Waals surface area contributed by atoms with Crippen LogP contribution >= 0.6 is 27.3 Å². The number of benzene rings is 1. The van der Waals surface area contributed by atoms with Gasteiger partial charge in [0.25, 0.3) is 0 Å². The summed E-state index contributed by atoms with van der Waals surface area (Å²) in [5.41, 5.74) is 3.44. The number of carbonyl (C=O) groups is 1. The number of para-hydroxylation sites is 1. The van der Waals surface area contributed by atoms with Crippen molar-refractivity contribution in [3.63, 3.8) is 0 Å². The van der Waals surface area contributed by atoms with Crippen molar-refractivity contribution in [2.24, 2.45) is 0 Å². The van der Waals surface area contributed by atoms with E-state index in [1.165, 1.54) is 5.56 Å². The van der Waals surface area contributed by atoms with Gasteiger partial charge >= 0.3 is 0 Å². The van der Waals surface area contributed by atoms with Gasteiger partial charge in [0, 0.05) is 32.7 Å². The van der Waals surface area contributed by atoms with Crippen molar-refractivity contribution >= 4 is 38.9 Å². The van der Waals surface area contributed by atoms with Crippen LogP contribution in [-0.4, -0.2) is 17.9 Å². The van der Waals surface area contributed by atoms with Gasteiger partial charge in [0.05, 0.1) is 3.79 Å². The fourth-order valence-electron chi connectivity index (χ4n) is 1.83. The third-order valence-electron chi connectivity index (χ3n) is 3.07. The number of thiophene rings is 1. The summed E-state index contributed by atoms with van der Waals surface area (Å²) in [6, 6.07) is 10.2. The Morgan fingerprint density at radius 2 is 2.15 bits per heavy atom. The highest BCUT2D eigenvalue weighted by atomic mass is 79.9. The van der Waals surface area contributed by atoms with E-state index in [1.807, 2.05) is 31.3 Å². The molecule has 20 heavy (non-hydrogen) atoms. The highest BCUT2D eigenvalue weighted by molar-refractivity contribution is 9.11. The minimum absolute atomic E-state index is 0.0709. The number of anilines is 1. The predicted octanol–water partition coefficient (Wildman–Crippen LogP) is 4.10. The second-order valence-electron chi connectivity index (χ2n) is 4.64. The monoisotopic (exact) mass is 352 g/mol. The summed E-state index contributed by atoms with van der Waals surface area (Å²) in [6.07, 6.45) is 0. The minimum Gasteiger partial charge on any atom is -0.381 e. The molecule has 5 heteroatoms. The van der Waals surface area contributed by atoms with E-state index in [1.54, 1.807) is 23.2 Å². The van der Waals surface area contributed by atoms with Crippen LogP contribution in [0.25, 0.3) is 0 Å². The summed E-state index contributed by atoms with van der Waals surface area (Å²) >= 11 is 5.15. The van der Waals surface area contributed by atoms with Gasteiger partial charge in [0.15, 0.2) is 0 Å². The van der Waals surface area contributed by atoms with Crippen LogP contribution in [0, 0.1) is 0 Å². The zero-order valence-electron chi connectivity index (χ0n) is 11.5. The molecule has 1 aromatic carbocycles. The van der Waals surface area contributed by atoms with Crippen molar-refractivity contribution < 1.29 is 4.79 Å². The van der Waals surface area contributed by atoms with Crippen LogP contribution in [0.5, 0.6) is 0 Å². The first kappa shape index (κ1) is 15.1. The van der Waals surface area contributed by atoms with E-state index in [9.17, 15) is 4.79 Å². The quantitative estimate of drug-likeness (QED) is 0.878.